The first-order valence-corrected chi connectivity index (χ1v) is 7.36. The maximum Gasteiger partial charge on any atom is 0.387 e. The molecule has 0 N–H and O–H groups in total. The molecule has 0 unspecified atom stereocenters. The maximum atomic E-state index is 12.5. The molecule has 1 aliphatic heterocycles. The van der Waals surface area contributed by atoms with Crippen LogP contribution < -0.4 is 4.74 Å². The Bertz CT molecular complexity index is 532. The van der Waals surface area contributed by atoms with Crippen molar-refractivity contribution in [3.8, 4) is 5.75 Å². The maximum absolute atomic E-state index is 12.5. The summed E-state index contributed by atoms with van der Waals surface area (Å²) in [6, 6.07) is 6.07. The standard InChI is InChI=1S/C15H17ClF2N2O2/c16-6-3-7-19-8-10-20(11-9-19)14(21)12-4-1-2-5-13(12)22-15(17)18/h1-6,15H,7-11H2/b6-3+. The lowest BCUT2D eigenvalue weighted by Crippen LogP contribution is -2.48. The van der Waals surface area contributed by atoms with Crippen LogP contribution in [0.5, 0.6) is 5.75 Å². The molecule has 0 aliphatic carbocycles. The Balaban J connectivity index is 2.01. The van der Waals surface area contributed by atoms with E-state index in [1.807, 2.05) is 6.08 Å². The molecule has 4 nitrogen and oxygen atoms in total. The van der Waals surface area contributed by atoms with Gasteiger partial charge >= 0.3 is 6.61 Å². The highest BCUT2D eigenvalue weighted by molar-refractivity contribution is 6.25. The lowest BCUT2D eigenvalue weighted by Gasteiger charge is -2.34. The second kappa shape index (κ2) is 8.10. The van der Waals surface area contributed by atoms with Crippen LogP contribution in [-0.2, 0) is 0 Å². The third kappa shape index (κ3) is 4.42. The third-order valence-electron chi connectivity index (χ3n) is 3.45. The number of hydrogen-bond acceptors (Lipinski definition) is 3. The zero-order valence-electron chi connectivity index (χ0n) is 11.9. The minimum absolute atomic E-state index is 0.0880. The van der Waals surface area contributed by atoms with Crippen molar-refractivity contribution in [2.45, 2.75) is 6.61 Å². The van der Waals surface area contributed by atoms with Gasteiger partial charge in [0.15, 0.2) is 0 Å². The molecular weight excluding hydrogens is 314 g/mol. The molecule has 1 aliphatic rings. The monoisotopic (exact) mass is 330 g/mol. The minimum atomic E-state index is -2.95. The molecule has 120 valence electrons. The first-order valence-electron chi connectivity index (χ1n) is 6.92. The highest BCUT2D eigenvalue weighted by Gasteiger charge is 2.24. The quantitative estimate of drug-likeness (QED) is 0.832. The van der Waals surface area contributed by atoms with Crippen molar-refractivity contribution in [1.29, 1.82) is 0 Å². The van der Waals surface area contributed by atoms with Gasteiger partial charge in [-0.15, -0.1) is 0 Å². The highest BCUT2D eigenvalue weighted by atomic mass is 35.5. The van der Waals surface area contributed by atoms with Crippen LogP contribution >= 0.6 is 11.6 Å². The first-order chi connectivity index (χ1) is 10.6. The summed E-state index contributed by atoms with van der Waals surface area (Å²) in [7, 11) is 0. The van der Waals surface area contributed by atoms with Gasteiger partial charge in [0.2, 0.25) is 0 Å². The number of rotatable bonds is 5. The number of halogens is 3. The molecule has 2 rings (SSSR count). The molecular formula is C15H17ClF2N2O2. The zero-order valence-corrected chi connectivity index (χ0v) is 12.7. The number of amides is 1. The van der Waals surface area contributed by atoms with Crippen molar-refractivity contribution in [1.82, 2.24) is 9.80 Å². The summed E-state index contributed by atoms with van der Waals surface area (Å²) in [6.45, 7) is 0.288. The van der Waals surface area contributed by atoms with E-state index in [2.05, 4.69) is 9.64 Å². The number of carbonyl (C=O) groups excluding carboxylic acids is 1. The molecule has 0 saturated carbocycles. The summed E-state index contributed by atoms with van der Waals surface area (Å²) < 4.78 is 29.2. The van der Waals surface area contributed by atoms with Crippen LogP contribution in [0.15, 0.2) is 35.9 Å². The number of para-hydroxylation sites is 1. The summed E-state index contributed by atoms with van der Waals surface area (Å²) in [6.07, 6.45) is 1.84. The highest BCUT2D eigenvalue weighted by Crippen LogP contribution is 2.22. The van der Waals surface area contributed by atoms with Crippen molar-refractivity contribution in [2.75, 3.05) is 32.7 Å². The molecule has 1 fully saturated rings. The van der Waals surface area contributed by atoms with E-state index in [1.165, 1.54) is 17.7 Å². The van der Waals surface area contributed by atoms with Crippen molar-refractivity contribution in [2.24, 2.45) is 0 Å². The van der Waals surface area contributed by atoms with Gasteiger partial charge in [-0.05, 0) is 12.1 Å². The van der Waals surface area contributed by atoms with E-state index in [4.69, 9.17) is 11.6 Å². The van der Waals surface area contributed by atoms with Gasteiger partial charge in [0, 0.05) is 38.3 Å². The topological polar surface area (TPSA) is 32.8 Å². The Kier molecular flexibility index (Phi) is 6.15. The van der Waals surface area contributed by atoms with Gasteiger partial charge in [-0.3, -0.25) is 9.69 Å². The number of hydrogen-bond donors (Lipinski definition) is 0. The molecule has 0 radical (unpaired) electrons. The molecule has 7 heteroatoms. The molecule has 0 atom stereocenters. The van der Waals surface area contributed by atoms with E-state index >= 15 is 0 Å². The summed E-state index contributed by atoms with van der Waals surface area (Å²) in [5.74, 6) is -0.376. The van der Waals surface area contributed by atoms with Crippen molar-refractivity contribution < 1.29 is 18.3 Å². The Morgan fingerprint density at radius 1 is 1.27 bits per heavy atom. The van der Waals surface area contributed by atoms with E-state index in [-0.39, 0.29) is 17.2 Å². The molecule has 1 aromatic rings. The smallest absolute Gasteiger partial charge is 0.387 e. The van der Waals surface area contributed by atoms with Crippen LogP contribution in [0.3, 0.4) is 0 Å². The molecule has 22 heavy (non-hydrogen) atoms. The van der Waals surface area contributed by atoms with E-state index in [0.717, 1.165) is 6.54 Å². The van der Waals surface area contributed by atoms with E-state index in [9.17, 15) is 13.6 Å². The van der Waals surface area contributed by atoms with Crippen LogP contribution in [0.25, 0.3) is 0 Å². The largest absolute Gasteiger partial charge is 0.434 e. The van der Waals surface area contributed by atoms with Crippen LogP contribution in [-0.4, -0.2) is 55.0 Å². The SMILES string of the molecule is O=C(c1ccccc1OC(F)F)N1CCN(C/C=C/Cl)CC1. The Morgan fingerprint density at radius 2 is 1.95 bits per heavy atom. The van der Waals surface area contributed by atoms with Crippen LogP contribution in [0.4, 0.5) is 8.78 Å². The van der Waals surface area contributed by atoms with Gasteiger partial charge in [0.25, 0.3) is 5.91 Å². The molecule has 0 bridgehead atoms. The second-order valence-electron chi connectivity index (χ2n) is 4.83. The van der Waals surface area contributed by atoms with Gasteiger partial charge in [-0.25, -0.2) is 0 Å². The number of piperazine rings is 1. The first kappa shape index (κ1) is 16.7. The van der Waals surface area contributed by atoms with E-state index < -0.39 is 6.61 Å². The number of ether oxygens (including phenoxy) is 1. The van der Waals surface area contributed by atoms with Gasteiger partial charge in [0.05, 0.1) is 5.56 Å². The molecule has 0 aromatic heterocycles. The Labute approximate surface area is 132 Å². The predicted octanol–water partition coefficient (Wildman–Crippen LogP) is 2.80. The number of alkyl halides is 2. The lowest BCUT2D eigenvalue weighted by molar-refractivity contribution is -0.0503. The van der Waals surface area contributed by atoms with Crippen LogP contribution in [0.1, 0.15) is 10.4 Å². The summed E-state index contributed by atoms with van der Waals surface area (Å²) in [5.41, 5.74) is 1.63. The normalized spacial score (nSPS) is 16.5. The van der Waals surface area contributed by atoms with Gasteiger partial charge in [0.1, 0.15) is 5.75 Å². The average molecular weight is 331 g/mol. The van der Waals surface area contributed by atoms with Gasteiger partial charge in [-0.2, -0.15) is 8.78 Å². The average Bonchev–Trinajstić information content (AvgIpc) is 2.53. The number of carbonyl (C=O) groups is 1. The number of benzene rings is 1. The fraction of sp³-hybridized carbons (Fsp3) is 0.400. The van der Waals surface area contributed by atoms with Crippen LogP contribution in [0.2, 0.25) is 0 Å². The van der Waals surface area contributed by atoms with Crippen LogP contribution in [0, 0.1) is 0 Å². The van der Waals surface area contributed by atoms with Gasteiger partial charge < -0.3 is 9.64 Å². The molecule has 1 aromatic carbocycles. The Hall–Kier alpha value is -1.66. The molecule has 1 heterocycles. The minimum Gasteiger partial charge on any atom is -0.434 e. The molecule has 1 saturated heterocycles. The predicted molar refractivity (Wildman–Crippen MR) is 80.4 cm³/mol. The van der Waals surface area contributed by atoms with Crippen molar-refractivity contribution in [3.63, 3.8) is 0 Å². The number of nitrogens with zero attached hydrogens (tertiary/aromatic N) is 2. The molecule has 0 spiro atoms. The Morgan fingerprint density at radius 3 is 2.59 bits per heavy atom. The summed E-state index contributed by atoms with van der Waals surface area (Å²) in [5, 5.41) is 0. The van der Waals surface area contributed by atoms with E-state index in [1.54, 1.807) is 17.0 Å². The third-order valence-corrected chi connectivity index (χ3v) is 3.62. The molecule has 1 amide bonds. The fourth-order valence-electron chi connectivity index (χ4n) is 2.33. The summed E-state index contributed by atoms with van der Waals surface area (Å²) in [4.78, 5) is 16.3. The van der Waals surface area contributed by atoms with Crippen molar-refractivity contribution in [3.05, 3.63) is 41.4 Å². The lowest BCUT2D eigenvalue weighted by atomic mass is 10.1. The van der Waals surface area contributed by atoms with Crippen molar-refractivity contribution >= 4 is 17.5 Å². The van der Waals surface area contributed by atoms with E-state index in [0.29, 0.717) is 26.2 Å². The fourth-order valence-corrected chi connectivity index (χ4v) is 2.41. The zero-order chi connectivity index (χ0) is 15.9. The van der Waals surface area contributed by atoms with Gasteiger partial charge in [-0.1, -0.05) is 29.8 Å². The summed E-state index contributed by atoms with van der Waals surface area (Å²) >= 11 is 5.49. The second-order valence-corrected chi connectivity index (χ2v) is 5.08.